The van der Waals surface area contributed by atoms with E-state index in [0.29, 0.717) is 0 Å². The van der Waals surface area contributed by atoms with E-state index in [4.69, 9.17) is 0 Å². The average Bonchev–Trinajstić information content (AvgIpc) is 2.06. The third-order valence-electron chi connectivity index (χ3n) is 1.81. The molecule has 1 aromatic heterocycles. The van der Waals surface area contributed by atoms with Crippen LogP contribution in [-0.4, -0.2) is 4.98 Å². The molecule has 0 saturated carbocycles. The number of aryl methyl sites for hydroxylation is 1. The van der Waals surface area contributed by atoms with Gasteiger partial charge in [0.1, 0.15) is 0 Å². The van der Waals surface area contributed by atoms with Gasteiger partial charge in [-0.25, -0.2) is 0 Å². The van der Waals surface area contributed by atoms with Crippen LogP contribution in [0.4, 0.5) is 0 Å². The van der Waals surface area contributed by atoms with Gasteiger partial charge in [0.05, 0.1) is 5.52 Å². The third-order valence-corrected chi connectivity index (χ3v) is 1.81. The molecular formula is C10H8N. The molecule has 1 heterocycles. The molecular weight excluding hydrogens is 134 g/mol. The maximum absolute atomic E-state index is 4.19. The molecule has 0 fully saturated rings. The van der Waals surface area contributed by atoms with Crippen molar-refractivity contribution in [3.63, 3.8) is 0 Å². The quantitative estimate of drug-likeness (QED) is 0.550. The van der Waals surface area contributed by atoms with Gasteiger partial charge in [-0.1, -0.05) is 12.1 Å². The van der Waals surface area contributed by atoms with Crippen molar-refractivity contribution in [1.82, 2.24) is 4.98 Å². The summed E-state index contributed by atoms with van der Waals surface area (Å²) in [5.74, 6) is 0. The fraction of sp³-hybridized carbons (Fsp3) is 0.100. The summed E-state index contributed by atoms with van der Waals surface area (Å²) in [4.78, 5) is 4.19. The van der Waals surface area contributed by atoms with Crippen molar-refractivity contribution < 1.29 is 0 Å². The molecule has 1 radical (unpaired) electrons. The van der Waals surface area contributed by atoms with Gasteiger partial charge in [0, 0.05) is 17.6 Å². The molecule has 0 N–H and O–H groups in total. The molecule has 1 nitrogen and oxygen atoms in total. The molecule has 0 saturated heterocycles. The maximum atomic E-state index is 4.19. The number of benzene rings is 1. The lowest BCUT2D eigenvalue weighted by Crippen LogP contribution is -1.79. The van der Waals surface area contributed by atoms with Crippen molar-refractivity contribution >= 4 is 10.9 Å². The summed E-state index contributed by atoms with van der Waals surface area (Å²) < 4.78 is 0. The minimum absolute atomic E-state index is 1.05. The molecule has 2 aromatic rings. The number of nitrogens with zero attached hydrogens (tertiary/aromatic N) is 1. The van der Waals surface area contributed by atoms with Gasteiger partial charge in [0.25, 0.3) is 0 Å². The highest BCUT2D eigenvalue weighted by Gasteiger charge is 1.93. The van der Waals surface area contributed by atoms with E-state index in [9.17, 15) is 0 Å². The molecule has 0 aliphatic heterocycles. The topological polar surface area (TPSA) is 12.9 Å². The highest BCUT2D eigenvalue weighted by molar-refractivity contribution is 5.81. The van der Waals surface area contributed by atoms with E-state index in [-0.39, 0.29) is 0 Å². The van der Waals surface area contributed by atoms with Crippen LogP contribution in [0, 0.1) is 13.0 Å². The Balaban J connectivity index is 2.91. The molecule has 0 aliphatic carbocycles. The lowest BCUT2D eigenvalue weighted by Gasteiger charge is -1.97. The molecule has 0 atom stereocenters. The Kier molecular flexibility index (Phi) is 1.35. The van der Waals surface area contributed by atoms with E-state index in [1.54, 1.807) is 6.20 Å². The monoisotopic (exact) mass is 142 g/mol. The first-order valence-corrected chi connectivity index (χ1v) is 3.59. The summed E-state index contributed by atoms with van der Waals surface area (Å²) >= 11 is 0. The van der Waals surface area contributed by atoms with Gasteiger partial charge in [-0.3, -0.25) is 4.98 Å². The Morgan fingerprint density at radius 1 is 1.36 bits per heavy atom. The Labute approximate surface area is 65.7 Å². The van der Waals surface area contributed by atoms with Gasteiger partial charge in [0.2, 0.25) is 0 Å². The number of fused-ring (bicyclic) bond motifs is 1. The van der Waals surface area contributed by atoms with Gasteiger partial charge in [0.15, 0.2) is 0 Å². The minimum atomic E-state index is 1.05. The maximum Gasteiger partial charge on any atom is 0.0705 e. The number of aromatic nitrogens is 1. The fourth-order valence-electron chi connectivity index (χ4n) is 1.19. The SMILES string of the molecule is Cc1cccc2nc[c]cc12. The van der Waals surface area contributed by atoms with Crippen LogP contribution in [0.25, 0.3) is 10.9 Å². The van der Waals surface area contributed by atoms with Gasteiger partial charge in [-0.15, -0.1) is 0 Å². The van der Waals surface area contributed by atoms with Gasteiger partial charge >= 0.3 is 0 Å². The number of pyridine rings is 1. The van der Waals surface area contributed by atoms with E-state index < -0.39 is 0 Å². The van der Waals surface area contributed by atoms with E-state index in [0.717, 1.165) is 5.52 Å². The zero-order chi connectivity index (χ0) is 7.68. The van der Waals surface area contributed by atoms with Crippen LogP contribution in [0.3, 0.4) is 0 Å². The van der Waals surface area contributed by atoms with E-state index in [2.05, 4.69) is 24.0 Å². The van der Waals surface area contributed by atoms with Crippen LogP contribution in [0.15, 0.2) is 30.5 Å². The van der Waals surface area contributed by atoms with Crippen molar-refractivity contribution in [2.45, 2.75) is 6.92 Å². The average molecular weight is 142 g/mol. The van der Waals surface area contributed by atoms with Crippen LogP contribution in [0.5, 0.6) is 0 Å². The molecule has 11 heavy (non-hydrogen) atoms. The van der Waals surface area contributed by atoms with Crippen LogP contribution < -0.4 is 0 Å². The van der Waals surface area contributed by atoms with Crippen molar-refractivity contribution in [2.75, 3.05) is 0 Å². The minimum Gasteiger partial charge on any atom is -0.256 e. The van der Waals surface area contributed by atoms with E-state index in [1.807, 2.05) is 18.2 Å². The fourth-order valence-corrected chi connectivity index (χ4v) is 1.19. The van der Waals surface area contributed by atoms with Gasteiger partial charge in [-0.2, -0.15) is 0 Å². The zero-order valence-electron chi connectivity index (χ0n) is 6.33. The summed E-state index contributed by atoms with van der Waals surface area (Å²) in [5, 5.41) is 1.19. The summed E-state index contributed by atoms with van der Waals surface area (Å²) in [6.07, 6.45) is 1.70. The molecule has 0 unspecified atom stereocenters. The first kappa shape index (κ1) is 6.35. The molecule has 0 spiro atoms. The summed E-state index contributed by atoms with van der Waals surface area (Å²) in [7, 11) is 0. The third kappa shape index (κ3) is 0.984. The lowest BCUT2D eigenvalue weighted by molar-refractivity contribution is 1.39. The van der Waals surface area contributed by atoms with E-state index in [1.165, 1.54) is 10.9 Å². The zero-order valence-corrected chi connectivity index (χ0v) is 6.33. The number of rotatable bonds is 0. The van der Waals surface area contributed by atoms with Crippen LogP contribution in [0.1, 0.15) is 5.56 Å². The van der Waals surface area contributed by atoms with Gasteiger partial charge < -0.3 is 0 Å². The molecule has 2 rings (SSSR count). The van der Waals surface area contributed by atoms with Crippen molar-refractivity contribution in [3.05, 3.63) is 42.1 Å². The number of hydrogen-bond acceptors (Lipinski definition) is 1. The van der Waals surface area contributed by atoms with Gasteiger partial charge in [-0.05, 0) is 24.6 Å². The second kappa shape index (κ2) is 2.35. The predicted molar refractivity (Wildman–Crippen MR) is 45.3 cm³/mol. The number of hydrogen-bond donors (Lipinski definition) is 0. The highest BCUT2D eigenvalue weighted by Crippen LogP contribution is 2.13. The largest absolute Gasteiger partial charge is 0.256 e. The summed E-state index contributed by atoms with van der Waals surface area (Å²) in [6.45, 7) is 2.08. The summed E-state index contributed by atoms with van der Waals surface area (Å²) in [5.41, 5.74) is 2.30. The van der Waals surface area contributed by atoms with Crippen molar-refractivity contribution in [2.24, 2.45) is 0 Å². The highest BCUT2D eigenvalue weighted by atomic mass is 14.6. The molecule has 1 aromatic carbocycles. The van der Waals surface area contributed by atoms with Crippen molar-refractivity contribution in [3.8, 4) is 0 Å². The van der Waals surface area contributed by atoms with Crippen molar-refractivity contribution in [1.29, 1.82) is 0 Å². The molecule has 0 bridgehead atoms. The first-order valence-electron chi connectivity index (χ1n) is 3.59. The molecule has 53 valence electrons. The Morgan fingerprint density at radius 2 is 2.27 bits per heavy atom. The van der Waals surface area contributed by atoms with Crippen LogP contribution in [0.2, 0.25) is 0 Å². The van der Waals surface area contributed by atoms with E-state index >= 15 is 0 Å². The standard InChI is InChI=1S/C10H8N/c1-8-4-2-6-10-9(8)5-3-7-11-10/h2,4-7H,1H3. The Morgan fingerprint density at radius 3 is 3.09 bits per heavy atom. The molecule has 0 amide bonds. The molecule has 1 heteroatoms. The van der Waals surface area contributed by atoms with Crippen LogP contribution >= 0.6 is 0 Å². The summed E-state index contributed by atoms with van der Waals surface area (Å²) in [6, 6.07) is 11.0. The normalized spacial score (nSPS) is 10.3. The second-order valence-electron chi connectivity index (χ2n) is 2.58. The Bertz CT molecular complexity index is 374. The first-order chi connectivity index (χ1) is 5.38. The molecule has 0 aliphatic rings. The smallest absolute Gasteiger partial charge is 0.0705 e. The second-order valence-corrected chi connectivity index (χ2v) is 2.58. The Hall–Kier alpha value is -1.37. The predicted octanol–water partition coefficient (Wildman–Crippen LogP) is 2.34. The van der Waals surface area contributed by atoms with Crippen LogP contribution in [-0.2, 0) is 0 Å². The lowest BCUT2D eigenvalue weighted by atomic mass is 10.1.